The molecule has 160 valence electrons. The predicted molar refractivity (Wildman–Crippen MR) is 107 cm³/mol. The number of benzene rings is 1. The molecule has 30 heavy (non-hydrogen) atoms. The molecular formula is C22H25NO7. The van der Waals surface area contributed by atoms with Crippen molar-refractivity contribution in [2.45, 2.75) is 44.8 Å². The van der Waals surface area contributed by atoms with Gasteiger partial charge >= 0.3 is 17.9 Å². The third kappa shape index (κ3) is 4.82. The molecule has 1 aromatic heterocycles. The first-order valence-corrected chi connectivity index (χ1v) is 9.86. The van der Waals surface area contributed by atoms with E-state index in [1.165, 1.54) is 7.11 Å². The lowest BCUT2D eigenvalue weighted by Gasteiger charge is -2.22. The molecule has 1 fully saturated rings. The molecule has 1 N–H and O–H groups in total. The fourth-order valence-electron chi connectivity index (χ4n) is 3.49. The summed E-state index contributed by atoms with van der Waals surface area (Å²) in [7, 11) is 2.35. The molecule has 1 heterocycles. The lowest BCUT2D eigenvalue weighted by molar-refractivity contribution is 0.0422. The summed E-state index contributed by atoms with van der Waals surface area (Å²) in [6.07, 6.45) is 5.01. The molecule has 8 nitrogen and oxygen atoms in total. The van der Waals surface area contributed by atoms with Crippen LogP contribution in [-0.2, 0) is 20.8 Å². The van der Waals surface area contributed by atoms with Crippen LogP contribution in [-0.4, -0.2) is 38.2 Å². The van der Waals surface area contributed by atoms with E-state index >= 15 is 0 Å². The summed E-state index contributed by atoms with van der Waals surface area (Å²) in [4.78, 5) is 37.6. The molecule has 0 spiro atoms. The zero-order valence-electron chi connectivity index (χ0n) is 17.1. The van der Waals surface area contributed by atoms with Gasteiger partial charge in [0.2, 0.25) is 11.6 Å². The van der Waals surface area contributed by atoms with E-state index in [1.807, 2.05) is 18.2 Å². The molecule has 1 aliphatic rings. The van der Waals surface area contributed by atoms with Gasteiger partial charge in [-0.3, -0.25) is 0 Å². The van der Waals surface area contributed by atoms with E-state index in [1.54, 1.807) is 12.1 Å². The Morgan fingerprint density at radius 2 is 1.57 bits per heavy atom. The molecule has 0 aliphatic heterocycles. The van der Waals surface area contributed by atoms with Gasteiger partial charge in [-0.05, 0) is 18.4 Å². The van der Waals surface area contributed by atoms with Crippen LogP contribution in [0, 0.1) is 0 Å². The third-order valence-corrected chi connectivity index (χ3v) is 5.03. The van der Waals surface area contributed by atoms with Gasteiger partial charge in [0.1, 0.15) is 17.7 Å². The summed E-state index contributed by atoms with van der Waals surface area (Å²) < 4.78 is 20.6. The minimum absolute atomic E-state index is 0.0140. The molecule has 0 unspecified atom stereocenters. The van der Waals surface area contributed by atoms with Gasteiger partial charge in [-0.15, -0.1) is 0 Å². The van der Waals surface area contributed by atoms with Crippen molar-refractivity contribution < 1.29 is 33.0 Å². The first kappa shape index (κ1) is 21.4. The fourth-order valence-corrected chi connectivity index (χ4v) is 3.49. The molecule has 0 amide bonds. The van der Waals surface area contributed by atoms with E-state index in [2.05, 4.69) is 5.32 Å². The van der Waals surface area contributed by atoms with Gasteiger partial charge in [0.05, 0.1) is 14.2 Å². The normalized spacial score (nSPS) is 14.1. The van der Waals surface area contributed by atoms with Crippen molar-refractivity contribution in [2.75, 3.05) is 19.5 Å². The molecule has 1 aliphatic carbocycles. The average Bonchev–Trinajstić information content (AvgIpc) is 3.16. The molecule has 3 rings (SSSR count). The van der Waals surface area contributed by atoms with Gasteiger partial charge in [0.15, 0.2) is 0 Å². The zero-order valence-corrected chi connectivity index (χ0v) is 17.1. The highest BCUT2D eigenvalue weighted by Gasteiger charge is 2.36. The van der Waals surface area contributed by atoms with Gasteiger partial charge in [-0.1, -0.05) is 49.6 Å². The Kier molecular flexibility index (Phi) is 7.11. The third-order valence-electron chi connectivity index (χ3n) is 5.03. The van der Waals surface area contributed by atoms with Crippen molar-refractivity contribution in [1.29, 1.82) is 0 Å². The second kappa shape index (κ2) is 9.96. The van der Waals surface area contributed by atoms with Crippen LogP contribution >= 0.6 is 0 Å². The molecule has 8 heteroatoms. The number of ether oxygens (including phenoxy) is 3. The molecule has 2 aromatic rings. The van der Waals surface area contributed by atoms with Crippen molar-refractivity contribution in [3.8, 4) is 0 Å². The van der Waals surface area contributed by atoms with Crippen LogP contribution in [0.2, 0.25) is 0 Å². The van der Waals surface area contributed by atoms with E-state index in [0.717, 1.165) is 44.8 Å². The van der Waals surface area contributed by atoms with E-state index in [0.29, 0.717) is 0 Å². The van der Waals surface area contributed by atoms with E-state index in [4.69, 9.17) is 18.6 Å². The second-order valence-electron chi connectivity index (χ2n) is 7.03. The summed E-state index contributed by atoms with van der Waals surface area (Å²) in [5.74, 6) is -2.94. The maximum absolute atomic E-state index is 12.7. The number of carbonyl (C=O) groups is 3. The van der Waals surface area contributed by atoms with Gasteiger partial charge in [-0.2, -0.15) is 0 Å². The highest BCUT2D eigenvalue weighted by molar-refractivity contribution is 6.12. The van der Waals surface area contributed by atoms with Crippen molar-refractivity contribution >= 4 is 23.8 Å². The number of hydrogen-bond acceptors (Lipinski definition) is 8. The number of nitrogens with one attached hydrogen (secondary N) is 1. The number of anilines is 1. The monoisotopic (exact) mass is 415 g/mol. The predicted octanol–water partition coefficient (Wildman–Crippen LogP) is 3.95. The van der Waals surface area contributed by atoms with E-state index in [9.17, 15) is 14.4 Å². The Labute approximate surface area is 174 Å². The van der Waals surface area contributed by atoms with Crippen LogP contribution in [0.5, 0.6) is 0 Å². The van der Waals surface area contributed by atoms with Crippen LogP contribution in [0.4, 0.5) is 5.88 Å². The molecular weight excluding hydrogens is 390 g/mol. The number of furan rings is 1. The average molecular weight is 415 g/mol. The highest BCUT2D eigenvalue weighted by Crippen LogP contribution is 2.32. The highest BCUT2D eigenvalue weighted by atomic mass is 16.6. The number of hydrogen-bond donors (Lipinski definition) is 1. The Bertz CT molecular complexity index is 898. The lowest BCUT2D eigenvalue weighted by Crippen LogP contribution is -2.23. The Hall–Kier alpha value is -3.29. The van der Waals surface area contributed by atoms with Gasteiger partial charge in [0, 0.05) is 6.04 Å². The smallest absolute Gasteiger partial charge is 0.375 e. The number of carbonyl (C=O) groups excluding carboxylic acids is 3. The lowest BCUT2D eigenvalue weighted by atomic mass is 9.95. The van der Waals surface area contributed by atoms with Gasteiger partial charge in [0.25, 0.3) is 0 Å². The molecule has 0 bridgehead atoms. The minimum atomic E-state index is -0.887. The second-order valence-corrected chi connectivity index (χ2v) is 7.03. The van der Waals surface area contributed by atoms with Gasteiger partial charge < -0.3 is 23.9 Å². The van der Waals surface area contributed by atoms with Crippen molar-refractivity contribution in [3.63, 3.8) is 0 Å². The molecule has 0 saturated heterocycles. The number of methoxy groups -OCH3 is 2. The maximum atomic E-state index is 12.7. The number of rotatable bonds is 7. The summed E-state index contributed by atoms with van der Waals surface area (Å²) in [5, 5.41) is 3.15. The van der Waals surface area contributed by atoms with Gasteiger partial charge in [-0.25, -0.2) is 14.4 Å². The summed E-state index contributed by atoms with van der Waals surface area (Å²) in [6, 6.07) is 9.14. The summed E-state index contributed by atoms with van der Waals surface area (Å²) in [5.41, 5.74) is 0.299. The molecule has 0 atom stereocenters. The maximum Gasteiger partial charge on any atom is 0.375 e. The topological polar surface area (TPSA) is 104 Å². The summed E-state index contributed by atoms with van der Waals surface area (Å²) in [6.45, 7) is -0.0140. The Balaban J connectivity index is 1.94. The SMILES string of the molecule is COC(=O)c1c(NC2CCCCC2)oc(C(=O)OCc2ccccc2)c1C(=O)OC. The van der Waals surface area contributed by atoms with Crippen LogP contribution in [0.15, 0.2) is 34.7 Å². The Morgan fingerprint density at radius 3 is 2.20 bits per heavy atom. The fraction of sp³-hybridized carbons (Fsp3) is 0.409. The first-order valence-electron chi connectivity index (χ1n) is 9.86. The molecule has 1 saturated carbocycles. The first-order chi connectivity index (χ1) is 14.5. The quantitative estimate of drug-likeness (QED) is 0.535. The van der Waals surface area contributed by atoms with Crippen LogP contribution in [0.25, 0.3) is 0 Å². The van der Waals surface area contributed by atoms with E-state index < -0.39 is 23.7 Å². The molecule has 1 aromatic carbocycles. The van der Waals surface area contributed by atoms with Crippen molar-refractivity contribution in [2.24, 2.45) is 0 Å². The summed E-state index contributed by atoms with van der Waals surface area (Å²) >= 11 is 0. The minimum Gasteiger partial charge on any atom is -0.465 e. The standard InChI is InChI=1S/C22H25NO7/c1-27-20(24)16-17(21(25)28-2)19(23-15-11-7-4-8-12-15)30-18(16)22(26)29-13-14-9-5-3-6-10-14/h3,5-6,9-10,15,23H,4,7-8,11-13H2,1-2H3. The number of esters is 3. The van der Waals surface area contributed by atoms with Crippen molar-refractivity contribution in [1.82, 2.24) is 0 Å². The largest absolute Gasteiger partial charge is 0.465 e. The molecule has 0 radical (unpaired) electrons. The van der Waals surface area contributed by atoms with Crippen LogP contribution in [0.1, 0.15) is 68.9 Å². The van der Waals surface area contributed by atoms with Crippen molar-refractivity contribution in [3.05, 3.63) is 52.8 Å². The van der Waals surface area contributed by atoms with Crippen LogP contribution < -0.4 is 5.32 Å². The Morgan fingerprint density at radius 1 is 0.933 bits per heavy atom. The van der Waals surface area contributed by atoms with Crippen LogP contribution in [0.3, 0.4) is 0 Å². The van der Waals surface area contributed by atoms with E-state index in [-0.39, 0.29) is 29.7 Å². The zero-order chi connectivity index (χ0) is 21.5.